The molecule has 0 saturated carbocycles. The van der Waals surface area contributed by atoms with Crippen molar-refractivity contribution in [3.8, 4) is 0 Å². The predicted octanol–water partition coefficient (Wildman–Crippen LogP) is 1.90. The number of rotatable bonds is 6. The summed E-state index contributed by atoms with van der Waals surface area (Å²) in [5.74, 6) is -2.30. The molecule has 4 rings (SSSR count). The summed E-state index contributed by atoms with van der Waals surface area (Å²) in [6.07, 6.45) is 2.24. The largest absolute Gasteiger partial charge is 0.507 e. The first-order valence-electron chi connectivity index (χ1n) is 10.2. The summed E-state index contributed by atoms with van der Waals surface area (Å²) in [7, 11) is 5.44. The maximum absolute atomic E-state index is 13.0. The maximum atomic E-state index is 13.0. The Hall–Kier alpha value is -3.72. The van der Waals surface area contributed by atoms with E-state index in [4.69, 9.17) is 4.42 Å². The van der Waals surface area contributed by atoms with Gasteiger partial charge in [-0.25, -0.2) is 4.79 Å². The van der Waals surface area contributed by atoms with Crippen molar-refractivity contribution in [3.63, 3.8) is 0 Å². The summed E-state index contributed by atoms with van der Waals surface area (Å²) in [4.78, 5) is 45.5. The molecular weight excluding hydrogens is 412 g/mol. The van der Waals surface area contributed by atoms with E-state index in [1.807, 2.05) is 19.0 Å². The molecule has 1 aliphatic heterocycles. The van der Waals surface area contributed by atoms with Gasteiger partial charge in [0, 0.05) is 25.4 Å². The van der Waals surface area contributed by atoms with Crippen LogP contribution in [0.15, 0.2) is 57.4 Å². The van der Waals surface area contributed by atoms with E-state index in [1.165, 1.54) is 15.5 Å². The molecule has 0 spiro atoms. The number of Topliss-reactive ketones (excluding diaryl/α,β-unsaturated/α-hetero) is 1. The molecule has 1 atom stereocenters. The van der Waals surface area contributed by atoms with Gasteiger partial charge in [0.25, 0.3) is 11.7 Å². The Bertz CT molecular complexity index is 1270. The Labute approximate surface area is 184 Å². The minimum absolute atomic E-state index is 0.0313. The fraction of sp³-hybridized carbons (Fsp3) is 0.304. The number of aromatic nitrogens is 2. The molecule has 9 nitrogen and oxygen atoms in total. The molecule has 1 aliphatic rings. The van der Waals surface area contributed by atoms with Gasteiger partial charge < -0.3 is 19.3 Å². The molecule has 2 aromatic heterocycles. The fourth-order valence-electron chi connectivity index (χ4n) is 3.95. The van der Waals surface area contributed by atoms with Crippen LogP contribution in [0, 0.1) is 0 Å². The monoisotopic (exact) mass is 436 g/mol. The van der Waals surface area contributed by atoms with Crippen LogP contribution in [0.5, 0.6) is 0 Å². The first-order valence-corrected chi connectivity index (χ1v) is 10.2. The number of aryl methyl sites for hydroxylation is 1. The Balaban J connectivity index is 1.82. The van der Waals surface area contributed by atoms with E-state index >= 15 is 0 Å². The quantitative estimate of drug-likeness (QED) is 0.357. The number of nitrogens with zero attached hydrogens (tertiary/aromatic N) is 4. The van der Waals surface area contributed by atoms with Crippen LogP contribution in [0.1, 0.15) is 23.7 Å². The highest BCUT2D eigenvalue weighted by Gasteiger charge is 2.46. The van der Waals surface area contributed by atoms with Gasteiger partial charge in [-0.15, -0.1) is 0 Å². The number of hydrogen-bond donors (Lipinski definition) is 1. The number of aliphatic hydroxyl groups is 1. The van der Waals surface area contributed by atoms with Crippen LogP contribution in [0.4, 0.5) is 0 Å². The fourth-order valence-corrected chi connectivity index (χ4v) is 3.95. The van der Waals surface area contributed by atoms with Gasteiger partial charge in [-0.2, -0.15) is 0 Å². The van der Waals surface area contributed by atoms with Crippen LogP contribution < -0.4 is 5.76 Å². The van der Waals surface area contributed by atoms with Crippen LogP contribution in [0.2, 0.25) is 0 Å². The zero-order valence-corrected chi connectivity index (χ0v) is 18.1. The summed E-state index contributed by atoms with van der Waals surface area (Å²) in [5, 5.41) is 11.1. The van der Waals surface area contributed by atoms with Crippen molar-refractivity contribution < 1.29 is 19.1 Å². The van der Waals surface area contributed by atoms with Gasteiger partial charge >= 0.3 is 5.76 Å². The molecule has 1 N–H and O–H groups in total. The lowest BCUT2D eigenvalue weighted by molar-refractivity contribution is -0.140. The van der Waals surface area contributed by atoms with Crippen molar-refractivity contribution in [2.24, 2.45) is 7.05 Å². The third-order valence-electron chi connectivity index (χ3n) is 5.58. The predicted molar refractivity (Wildman–Crippen MR) is 118 cm³/mol. The number of oxazole rings is 1. The third-order valence-corrected chi connectivity index (χ3v) is 5.58. The number of benzene rings is 1. The number of carbonyl (C=O) groups is 2. The van der Waals surface area contributed by atoms with Gasteiger partial charge in [0.15, 0.2) is 5.58 Å². The number of fused-ring (bicyclic) bond motifs is 1. The molecule has 0 radical (unpaired) electrons. The standard InChI is InChI=1S/C23H24N4O5/c1-25(2)11-6-12-27-19(15-7-4-5-10-24-15)18(21(29)22(27)30)20(28)14-8-9-16-17(13-14)32-23(31)26(16)3/h4-5,7-10,13,19,28H,6,11-12H2,1-3H3/b20-18+. The van der Waals surface area contributed by atoms with Gasteiger partial charge in [0.2, 0.25) is 0 Å². The zero-order valence-electron chi connectivity index (χ0n) is 18.1. The lowest BCUT2D eigenvalue weighted by atomic mass is 9.98. The molecule has 3 heterocycles. The van der Waals surface area contributed by atoms with E-state index in [9.17, 15) is 19.5 Å². The lowest BCUT2D eigenvalue weighted by Crippen LogP contribution is -2.32. The van der Waals surface area contributed by atoms with Crippen LogP contribution in [-0.2, 0) is 16.6 Å². The van der Waals surface area contributed by atoms with Crippen molar-refractivity contribution in [1.82, 2.24) is 19.4 Å². The van der Waals surface area contributed by atoms with E-state index in [0.717, 1.165) is 6.54 Å². The summed E-state index contributed by atoms with van der Waals surface area (Å²) >= 11 is 0. The summed E-state index contributed by atoms with van der Waals surface area (Å²) in [5.41, 5.74) is 1.56. The first kappa shape index (κ1) is 21.5. The van der Waals surface area contributed by atoms with Crippen molar-refractivity contribution in [2.75, 3.05) is 27.2 Å². The van der Waals surface area contributed by atoms with Gasteiger partial charge in [-0.1, -0.05) is 6.07 Å². The number of carbonyl (C=O) groups excluding carboxylic acids is 2. The molecule has 1 saturated heterocycles. The van der Waals surface area contributed by atoms with Crippen LogP contribution in [0.3, 0.4) is 0 Å². The van der Waals surface area contributed by atoms with Gasteiger partial charge in [-0.05, 0) is 57.4 Å². The topological polar surface area (TPSA) is 109 Å². The molecule has 1 amide bonds. The molecule has 3 aromatic rings. The van der Waals surface area contributed by atoms with Crippen molar-refractivity contribution in [2.45, 2.75) is 12.5 Å². The number of likely N-dealkylation sites (tertiary alicyclic amines) is 1. The molecular formula is C23H24N4O5. The average molecular weight is 436 g/mol. The Morgan fingerprint density at radius 2 is 1.97 bits per heavy atom. The van der Waals surface area contributed by atoms with E-state index in [-0.39, 0.29) is 22.5 Å². The molecule has 1 aromatic carbocycles. The van der Waals surface area contributed by atoms with Crippen LogP contribution in [0.25, 0.3) is 16.9 Å². The molecule has 166 valence electrons. The summed E-state index contributed by atoms with van der Waals surface area (Å²) < 4.78 is 6.55. The summed E-state index contributed by atoms with van der Waals surface area (Å²) in [6, 6.07) is 9.13. The molecule has 1 fully saturated rings. The Morgan fingerprint density at radius 3 is 2.66 bits per heavy atom. The highest BCUT2D eigenvalue weighted by Crippen LogP contribution is 2.38. The second kappa shape index (κ2) is 8.43. The molecule has 0 bridgehead atoms. The van der Waals surface area contributed by atoms with Crippen molar-refractivity contribution in [1.29, 1.82) is 0 Å². The van der Waals surface area contributed by atoms with Gasteiger partial charge in [0.1, 0.15) is 11.8 Å². The van der Waals surface area contributed by atoms with E-state index in [2.05, 4.69) is 4.98 Å². The van der Waals surface area contributed by atoms with Gasteiger partial charge in [0.05, 0.1) is 16.8 Å². The number of pyridine rings is 1. The Kier molecular flexibility index (Phi) is 5.67. The van der Waals surface area contributed by atoms with Crippen molar-refractivity contribution in [3.05, 3.63) is 70.0 Å². The molecule has 32 heavy (non-hydrogen) atoms. The highest BCUT2D eigenvalue weighted by molar-refractivity contribution is 6.46. The average Bonchev–Trinajstić information content (AvgIpc) is 3.20. The number of amides is 1. The summed E-state index contributed by atoms with van der Waals surface area (Å²) in [6.45, 7) is 1.08. The minimum atomic E-state index is -0.808. The molecule has 1 unspecified atom stereocenters. The minimum Gasteiger partial charge on any atom is -0.507 e. The third kappa shape index (κ3) is 3.71. The number of hydrogen-bond acceptors (Lipinski definition) is 7. The maximum Gasteiger partial charge on any atom is 0.419 e. The van der Waals surface area contributed by atoms with Crippen LogP contribution >= 0.6 is 0 Å². The molecule has 0 aliphatic carbocycles. The number of aliphatic hydroxyl groups excluding tert-OH is 1. The second-order valence-electron chi connectivity index (χ2n) is 8.01. The van der Waals surface area contributed by atoms with Crippen molar-refractivity contribution >= 4 is 28.5 Å². The zero-order chi connectivity index (χ0) is 23.0. The highest BCUT2D eigenvalue weighted by atomic mass is 16.4. The SMILES string of the molecule is CN(C)CCCN1C(=O)C(=O)/C(=C(/O)c2ccc3c(c2)oc(=O)n3C)C1c1ccccn1. The van der Waals surface area contributed by atoms with E-state index < -0.39 is 23.5 Å². The van der Waals surface area contributed by atoms with E-state index in [1.54, 1.807) is 43.6 Å². The lowest BCUT2D eigenvalue weighted by Gasteiger charge is -2.25. The van der Waals surface area contributed by atoms with E-state index in [0.29, 0.717) is 24.2 Å². The smallest absolute Gasteiger partial charge is 0.419 e. The molecule has 9 heteroatoms. The second-order valence-corrected chi connectivity index (χ2v) is 8.01. The first-order chi connectivity index (χ1) is 15.3. The number of ketones is 1. The van der Waals surface area contributed by atoms with Crippen LogP contribution in [-0.4, -0.2) is 63.3 Å². The normalized spacial score (nSPS) is 18.2. The van der Waals surface area contributed by atoms with Gasteiger partial charge in [-0.3, -0.25) is 19.1 Å². The Morgan fingerprint density at radius 1 is 1.19 bits per heavy atom.